The Balaban J connectivity index is 2.19. The molecule has 36 heavy (non-hydrogen) atoms. The summed E-state index contributed by atoms with van der Waals surface area (Å²) in [5.74, 6) is -0.315. The van der Waals surface area contributed by atoms with Gasteiger partial charge >= 0.3 is 0 Å². The second kappa shape index (κ2) is 13.5. The van der Waals surface area contributed by atoms with Crippen molar-refractivity contribution in [1.82, 2.24) is 10.2 Å². The van der Waals surface area contributed by atoms with Gasteiger partial charge in [-0.2, -0.15) is 0 Å². The number of rotatable bonds is 12. The normalized spacial score (nSPS) is 12.3. The van der Waals surface area contributed by atoms with E-state index >= 15 is 0 Å². The molecule has 11 heteroatoms. The summed E-state index contributed by atoms with van der Waals surface area (Å²) < 4.78 is 26.0. The average Bonchev–Trinajstić information content (AvgIpc) is 2.79. The molecular formula is C25H32Cl3N3O4S. The first kappa shape index (κ1) is 30.2. The van der Waals surface area contributed by atoms with Crippen molar-refractivity contribution in [3.8, 4) is 0 Å². The first-order valence-corrected chi connectivity index (χ1v) is 14.5. The third-order valence-electron chi connectivity index (χ3n) is 5.47. The summed E-state index contributed by atoms with van der Waals surface area (Å²) in [5, 5.41) is 4.21. The van der Waals surface area contributed by atoms with Crippen molar-refractivity contribution >= 4 is 62.3 Å². The molecule has 1 atom stereocenters. The van der Waals surface area contributed by atoms with E-state index in [0.29, 0.717) is 32.9 Å². The second-order valence-electron chi connectivity index (χ2n) is 8.99. The molecule has 0 spiro atoms. The molecule has 7 nitrogen and oxygen atoms in total. The topological polar surface area (TPSA) is 86.8 Å². The number of carbonyl (C=O) groups excluding carboxylic acids is 2. The minimum absolute atomic E-state index is 0.0343. The van der Waals surface area contributed by atoms with Crippen molar-refractivity contribution < 1.29 is 18.0 Å². The van der Waals surface area contributed by atoms with E-state index in [1.54, 1.807) is 49.4 Å². The first-order valence-electron chi connectivity index (χ1n) is 11.5. The number of amides is 2. The van der Waals surface area contributed by atoms with Crippen LogP contribution < -0.4 is 9.62 Å². The fourth-order valence-electron chi connectivity index (χ4n) is 3.48. The molecule has 0 fully saturated rings. The maximum absolute atomic E-state index is 13.3. The summed E-state index contributed by atoms with van der Waals surface area (Å²) in [6.45, 7) is 6.31. The molecule has 0 radical (unpaired) electrons. The lowest BCUT2D eigenvalue weighted by Gasteiger charge is -2.30. The van der Waals surface area contributed by atoms with Crippen LogP contribution in [-0.2, 0) is 26.2 Å². The molecule has 0 bridgehead atoms. The fraction of sp³-hybridized carbons (Fsp3) is 0.440. The molecule has 198 valence electrons. The minimum Gasteiger partial charge on any atom is -0.354 e. The quantitative estimate of drug-likeness (QED) is 0.367. The Morgan fingerprint density at radius 3 is 2.14 bits per heavy atom. The number of halogens is 3. The zero-order valence-corrected chi connectivity index (χ0v) is 23.9. The summed E-state index contributed by atoms with van der Waals surface area (Å²) in [4.78, 5) is 27.6. The molecule has 0 aliphatic heterocycles. The highest BCUT2D eigenvalue weighted by molar-refractivity contribution is 7.92. The van der Waals surface area contributed by atoms with Crippen LogP contribution in [-0.4, -0.2) is 50.5 Å². The fourth-order valence-corrected chi connectivity index (χ4v) is 5.04. The molecule has 0 saturated carbocycles. The van der Waals surface area contributed by atoms with Crippen LogP contribution in [0.4, 0.5) is 5.69 Å². The van der Waals surface area contributed by atoms with Crippen molar-refractivity contribution in [2.75, 3.05) is 23.7 Å². The van der Waals surface area contributed by atoms with Crippen molar-refractivity contribution in [3.63, 3.8) is 0 Å². The highest BCUT2D eigenvalue weighted by Crippen LogP contribution is 2.24. The number of sulfonamides is 1. The van der Waals surface area contributed by atoms with E-state index in [0.717, 1.165) is 6.26 Å². The van der Waals surface area contributed by atoms with Crippen LogP contribution in [0.1, 0.15) is 39.2 Å². The monoisotopic (exact) mass is 575 g/mol. The average molecular weight is 577 g/mol. The lowest BCUT2D eigenvalue weighted by Crippen LogP contribution is -2.48. The third-order valence-corrected chi connectivity index (χ3v) is 7.51. The van der Waals surface area contributed by atoms with Crippen LogP contribution in [0, 0.1) is 5.92 Å². The number of nitrogens with one attached hydrogen (secondary N) is 1. The van der Waals surface area contributed by atoms with Crippen molar-refractivity contribution in [3.05, 3.63) is 63.1 Å². The number of hydrogen-bond donors (Lipinski definition) is 1. The van der Waals surface area contributed by atoms with Gasteiger partial charge in [-0.25, -0.2) is 8.42 Å². The SMILES string of the molecule is CC(C)CNC(=O)[C@@H](C)N(Cc1ccc(Cl)cc1Cl)C(=O)CCCN(c1ccc(Cl)cc1)S(C)(=O)=O. The van der Waals surface area contributed by atoms with Crippen LogP contribution in [0.2, 0.25) is 15.1 Å². The van der Waals surface area contributed by atoms with Gasteiger partial charge in [0.1, 0.15) is 6.04 Å². The van der Waals surface area contributed by atoms with Gasteiger partial charge in [0.05, 0.1) is 11.9 Å². The molecule has 0 aliphatic carbocycles. The van der Waals surface area contributed by atoms with Gasteiger partial charge in [0.2, 0.25) is 21.8 Å². The van der Waals surface area contributed by atoms with Crippen molar-refractivity contribution in [1.29, 1.82) is 0 Å². The molecule has 0 aliphatic rings. The molecule has 0 saturated heterocycles. The van der Waals surface area contributed by atoms with Gasteiger partial charge in [-0.1, -0.05) is 54.7 Å². The van der Waals surface area contributed by atoms with Crippen molar-refractivity contribution in [2.24, 2.45) is 5.92 Å². The summed E-state index contributed by atoms with van der Waals surface area (Å²) in [6.07, 6.45) is 1.39. The Morgan fingerprint density at radius 2 is 1.58 bits per heavy atom. The number of nitrogens with zero attached hydrogens (tertiary/aromatic N) is 2. The zero-order valence-electron chi connectivity index (χ0n) is 20.8. The van der Waals surface area contributed by atoms with Crippen LogP contribution in [0.5, 0.6) is 0 Å². The maximum Gasteiger partial charge on any atom is 0.242 e. The number of hydrogen-bond acceptors (Lipinski definition) is 4. The molecule has 2 amide bonds. The molecule has 1 N–H and O–H groups in total. The highest BCUT2D eigenvalue weighted by atomic mass is 35.5. The summed E-state index contributed by atoms with van der Waals surface area (Å²) in [5.41, 5.74) is 1.11. The maximum atomic E-state index is 13.3. The predicted molar refractivity (Wildman–Crippen MR) is 147 cm³/mol. The smallest absolute Gasteiger partial charge is 0.242 e. The Bertz CT molecular complexity index is 1160. The lowest BCUT2D eigenvalue weighted by atomic mass is 10.1. The molecule has 0 unspecified atom stereocenters. The number of benzene rings is 2. The van der Waals surface area contributed by atoms with Gasteiger partial charge in [0.15, 0.2) is 0 Å². The van der Waals surface area contributed by atoms with E-state index in [9.17, 15) is 18.0 Å². The molecule has 0 heterocycles. The Hall–Kier alpha value is -2.00. The molecule has 2 aromatic rings. The van der Waals surface area contributed by atoms with E-state index in [1.807, 2.05) is 13.8 Å². The van der Waals surface area contributed by atoms with Gasteiger partial charge in [-0.15, -0.1) is 0 Å². The van der Waals surface area contributed by atoms with Gasteiger partial charge in [0.25, 0.3) is 0 Å². The summed E-state index contributed by atoms with van der Waals surface area (Å²) in [6, 6.07) is 10.7. The van der Waals surface area contributed by atoms with E-state index < -0.39 is 16.1 Å². The second-order valence-corrected chi connectivity index (χ2v) is 12.2. The Morgan fingerprint density at radius 1 is 0.972 bits per heavy atom. The van der Waals surface area contributed by atoms with E-state index in [-0.39, 0.29) is 43.7 Å². The molecular weight excluding hydrogens is 545 g/mol. The minimum atomic E-state index is -3.58. The van der Waals surface area contributed by atoms with Crippen LogP contribution in [0.25, 0.3) is 0 Å². The van der Waals surface area contributed by atoms with Crippen LogP contribution in [0.15, 0.2) is 42.5 Å². The van der Waals surface area contributed by atoms with Gasteiger partial charge < -0.3 is 10.2 Å². The summed E-state index contributed by atoms with van der Waals surface area (Å²) >= 11 is 18.3. The van der Waals surface area contributed by atoms with Crippen LogP contribution in [0.3, 0.4) is 0 Å². The number of carbonyl (C=O) groups is 2. The largest absolute Gasteiger partial charge is 0.354 e. The Kier molecular flexibility index (Phi) is 11.3. The molecule has 2 rings (SSSR count). The summed E-state index contributed by atoms with van der Waals surface area (Å²) in [7, 11) is -3.58. The van der Waals surface area contributed by atoms with E-state index in [2.05, 4.69) is 5.32 Å². The molecule has 2 aromatic carbocycles. The number of anilines is 1. The first-order chi connectivity index (χ1) is 16.8. The standard InChI is InChI=1S/C25H32Cl3N3O4S/c1-17(2)15-29-25(33)18(3)30(16-19-7-8-21(27)14-23(19)28)24(32)6-5-13-31(36(4,34)35)22-11-9-20(26)10-12-22/h7-12,14,17-18H,5-6,13,15-16H2,1-4H3,(H,29,33)/t18-/m1/s1. The van der Waals surface area contributed by atoms with E-state index in [1.165, 1.54) is 9.21 Å². The van der Waals surface area contributed by atoms with Crippen molar-refractivity contribution in [2.45, 2.75) is 46.2 Å². The zero-order chi connectivity index (χ0) is 27.0. The Labute approximate surface area is 228 Å². The highest BCUT2D eigenvalue weighted by Gasteiger charge is 2.27. The van der Waals surface area contributed by atoms with Gasteiger partial charge in [0, 0.05) is 41.1 Å². The molecule has 0 aromatic heterocycles. The lowest BCUT2D eigenvalue weighted by molar-refractivity contribution is -0.140. The van der Waals surface area contributed by atoms with Gasteiger partial charge in [-0.05, 0) is 61.2 Å². The van der Waals surface area contributed by atoms with Crippen LogP contribution >= 0.6 is 34.8 Å². The van der Waals surface area contributed by atoms with Gasteiger partial charge in [-0.3, -0.25) is 13.9 Å². The van der Waals surface area contributed by atoms with E-state index in [4.69, 9.17) is 34.8 Å². The predicted octanol–water partition coefficient (Wildman–Crippen LogP) is 5.38. The third kappa shape index (κ3) is 9.14.